The first-order valence-electron chi connectivity index (χ1n) is 5.50. The van der Waals surface area contributed by atoms with E-state index >= 15 is 0 Å². The molecule has 0 aromatic rings. The number of unbranched alkanes of at least 4 members (excludes halogenated alkanes) is 2. The molecule has 16 heavy (non-hydrogen) atoms. The van der Waals surface area contributed by atoms with Crippen molar-refractivity contribution in [3.05, 3.63) is 0 Å². The molecule has 0 rings (SSSR count). The average molecular weight is 232 g/mol. The second kappa shape index (κ2) is 9.15. The van der Waals surface area contributed by atoms with Gasteiger partial charge in [0, 0.05) is 6.61 Å². The molecule has 0 saturated carbocycles. The van der Waals surface area contributed by atoms with Gasteiger partial charge in [-0.3, -0.25) is 9.59 Å². The fraction of sp³-hybridized carbons (Fsp3) is 0.818. The van der Waals surface area contributed by atoms with Gasteiger partial charge in [0.25, 0.3) is 0 Å². The summed E-state index contributed by atoms with van der Waals surface area (Å²) < 4.78 is 9.82. The normalized spacial score (nSPS) is 12.1. The first kappa shape index (κ1) is 14.9. The summed E-state index contributed by atoms with van der Waals surface area (Å²) in [5, 5.41) is 8.64. The lowest BCUT2D eigenvalue weighted by Crippen LogP contribution is -2.22. The summed E-state index contributed by atoms with van der Waals surface area (Å²) in [5.74, 6) is -1.41. The zero-order valence-corrected chi connectivity index (χ0v) is 9.90. The number of hydrogen-bond donors (Lipinski definition) is 1. The van der Waals surface area contributed by atoms with E-state index in [1.807, 2.05) is 0 Å². The van der Waals surface area contributed by atoms with Gasteiger partial charge in [-0.25, -0.2) is 0 Å². The van der Waals surface area contributed by atoms with Crippen LogP contribution in [-0.2, 0) is 19.1 Å². The van der Waals surface area contributed by atoms with Crippen LogP contribution in [0.4, 0.5) is 0 Å². The quantitative estimate of drug-likeness (QED) is 0.483. The zero-order valence-electron chi connectivity index (χ0n) is 9.90. The number of carbonyl (C=O) groups excluding carboxylic acids is 1. The first-order chi connectivity index (χ1) is 7.60. The summed E-state index contributed by atoms with van der Waals surface area (Å²) >= 11 is 0. The van der Waals surface area contributed by atoms with E-state index in [1.165, 1.54) is 7.11 Å². The van der Waals surface area contributed by atoms with Crippen LogP contribution < -0.4 is 0 Å². The maximum absolute atomic E-state index is 11.0. The number of hydrogen-bond acceptors (Lipinski definition) is 4. The lowest BCUT2D eigenvalue weighted by molar-refractivity contribution is -0.146. The molecule has 0 aliphatic heterocycles. The van der Waals surface area contributed by atoms with Crippen molar-refractivity contribution in [1.29, 1.82) is 0 Å². The van der Waals surface area contributed by atoms with Crippen LogP contribution >= 0.6 is 0 Å². The second-order valence-electron chi connectivity index (χ2n) is 3.58. The van der Waals surface area contributed by atoms with E-state index in [-0.39, 0.29) is 12.8 Å². The van der Waals surface area contributed by atoms with Crippen LogP contribution in [0.5, 0.6) is 0 Å². The van der Waals surface area contributed by atoms with Crippen molar-refractivity contribution >= 4 is 11.9 Å². The number of methoxy groups -OCH3 is 1. The maximum Gasteiger partial charge on any atom is 0.308 e. The van der Waals surface area contributed by atoms with Gasteiger partial charge in [-0.05, 0) is 6.42 Å². The molecule has 0 aromatic carbocycles. The minimum Gasteiger partial charge on any atom is -0.481 e. The molecule has 0 fully saturated rings. The number of aliphatic carboxylic acids is 1. The molecule has 0 unspecified atom stereocenters. The van der Waals surface area contributed by atoms with Crippen molar-refractivity contribution < 1.29 is 24.2 Å². The zero-order chi connectivity index (χ0) is 12.4. The molecule has 5 heteroatoms. The largest absolute Gasteiger partial charge is 0.481 e. The van der Waals surface area contributed by atoms with Crippen molar-refractivity contribution in [2.24, 2.45) is 0 Å². The van der Waals surface area contributed by atoms with Gasteiger partial charge in [-0.2, -0.15) is 0 Å². The van der Waals surface area contributed by atoms with E-state index in [4.69, 9.17) is 9.84 Å². The third-order valence-electron chi connectivity index (χ3n) is 2.13. The molecule has 0 radical (unpaired) electrons. The first-order valence-corrected chi connectivity index (χ1v) is 5.50. The van der Waals surface area contributed by atoms with Crippen molar-refractivity contribution in [3.63, 3.8) is 0 Å². The average Bonchev–Trinajstić information content (AvgIpc) is 2.23. The van der Waals surface area contributed by atoms with Gasteiger partial charge in [0.1, 0.15) is 0 Å². The van der Waals surface area contributed by atoms with Gasteiger partial charge < -0.3 is 14.6 Å². The number of carboxylic acid groups (broad SMARTS) is 1. The summed E-state index contributed by atoms with van der Waals surface area (Å²) in [4.78, 5) is 21.5. The third-order valence-corrected chi connectivity index (χ3v) is 2.13. The maximum atomic E-state index is 11.0. The minimum absolute atomic E-state index is 0.00503. The Morgan fingerprint density at radius 1 is 1.25 bits per heavy atom. The summed E-state index contributed by atoms with van der Waals surface area (Å²) in [5.41, 5.74) is 0. The van der Waals surface area contributed by atoms with Crippen LogP contribution in [0, 0.1) is 0 Å². The molecule has 1 N–H and O–H groups in total. The smallest absolute Gasteiger partial charge is 0.308 e. The Labute approximate surface area is 95.7 Å². The van der Waals surface area contributed by atoms with Crippen LogP contribution in [0.3, 0.4) is 0 Å². The predicted octanol–water partition coefficient (Wildman–Crippen LogP) is 1.60. The van der Waals surface area contributed by atoms with E-state index in [1.54, 1.807) is 0 Å². The lowest BCUT2D eigenvalue weighted by Gasteiger charge is -2.14. The molecule has 94 valence electrons. The van der Waals surface area contributed by atoms with Crippen molar-refractivity contribution in [3.8, 4) is 0 Å². The highest BCUT2D eigenvalue weighted by Gasteiger charge is 2.18. The summed E-state index contributed by atoms with van der Waals surface area (Å²) in [7, 11) is 1.28. The highest BCUT2D eigenvalue weighted by atomic mass is 16.5. The van der Waals surface area contributed by atoms with E-state index in [0.29, 0.717) is 6.61 Å². The molecule has 0 bridgehead atoms. The van der Waals surface area contributed by atoms with Crippen LogP contribution in [0.25, 0.3) is 0 Å². The third kappa shape index (κ3) is 8.23. The Kier molecular flexibility index (Phi) is 8.52. The van der Waals surface area contributed by atoms with Crippen LogP contribution in [0.15, 0.2) is 0 Å². The number of ether oxygens (including phenoxy) is 2. The van der Waals surface area contributed by atoms with E-state index in [9.17, 15) is 9.59 Å². The number of esters is 1. The summed E-state index contributed by atoms with van der Waals surface area (Å²) in [6.07, 6.45) is 2.24. The predicted molar refractivity (Wildman–Crippen MR) is 58.2 cm³/mol. The fourth-order valence-electron chi connectivity index (χ4n) is 1.26. The van der Waals surface area contributed by atoms with E-state index in [2.05, 4.69) is 11.7 Å². The Balaban J connectivity index is 3.90. The van der Waals surface area contributed by atoms with E-state index in [0.717, 1.165) is 19.3 Å². The van der Waals surface area contributed by atoms with Crippen LogP contribution in [0.1, 0.15) is 39.0 Å². The van der Waals surface area contributed by atoms with Gasteiger partial charge >= 0.3 is 11.9 Å². The van der Waals surface area contributed by atoms with Crippen molar-refractivity contribution in [1.82, 2.24) is 0 Å². The molecule has 0 aromatic heterocycles. The minimum atomic E-state index is -0.968. The molecule has 0 heterocycles. The van der Waals surface area contributed by atoms with Crippen molar-refractivity contribution in [2.75, 3.05) is 13.7 Å². The van der Waals surface area contributed by atoms with Gasteiger partial charge in [0.05, 0.1) is 26.1 Å². The molecule has 0 aliphatic rings. The Hall–Kier alpha value is -1.10. The molecule has 1 atom stereocenters. The lowest BCUT2D eigenvalue weighted by atomic mass is 10.2. The van der Waals surface area contributed by atoms with Crippen molar-refractivity contribution in [2.45, 2.75) is 45.1 Å². The molecule has 5 nitrogen and oxygen atoms in total. The number of carbonyl (C=O) groups is 2. The summed E-state index contributed by atoms with van der Waals surface area (Å²) in [6, 6.07) is 0. The number of carboxylic acids is 1. The van der Waals surface area contributed by atoms with Gasteiger partial charge in [0.15, 0.2) is 0 Å². The topological polar surface area (TPSA) is 72.8 Å². The van der Waals surface area contributed by atoms with Gasteiger partial charge in [0.2, 0.25) is 0 Å². The standard InChI is InChI=1S/C11H20O5/c1-3-4-5-6-16-9(7-10(12)13)8-11(14)15-2/h9H,3-8H2,1-2H3,(H,12,13)/t9-/m1/s1. The highest BCUT2D eigenvalue weighted by Crippen LogP contribution is 2.07. The number of rotatable bonds is 9. The van der Waals surface area contributed by atoms with Crippen LogP contribution in [-0.4, -0.2) is 36.9 Å². The van der Waals surface area contributed by atoms with Gasteiger partial charge in [-0.1, -0.05) is 19.8 Å². The van der Waals surface area contributed by atoms with E-state index < -0.39 is 18.0 Å². The summed E-state index contributed by atoms with van der Waals surface area (Å²) in [6.45, 7) is 2.56. The van der Waals surface area contributed by atoms with Gasteiger partial charge in [-0.15, -0.1) is 0 Å². The Bertz CT molecular complexity index is 214. The molecule has 0 aliphatic carbocycles. The molecular formula is C11H20O5. The SMILES string of the molecule is CCCCCO[C@H](CC(=O)O)CC(=O)OC. The Morgan fingerprint density at radius 2 is 1.94 bits per heavy atom. The highest BCUT2D eigenvalue weighted by molar-refractivity contribution is 5.72. The molecule has 0 saturated heterocycles. The second-order valence-corrected chi connectivity index (χ2v) is 3.58. The van der Waals surface area contributed by atoms with Crippen LogP contribution in [0.2, 0.25) is 0 Å². The molecular weight excluding hydrogens is 212 g/mol. The molecule has 0 spiro atoms. The monoisotopic (exact) mass is 232 g/mol. The Morgan fingerprint density at radius 3 is 2.44 bits per heavy atom. The fourth-order valence-corrected chi connectivity index (χ4v) is 1.26. The molecule has 0 amide bonds.